The normalized spacial score (nSPS) is 11.5. The monoisotopic (exact) mass is 331 g/mol. The Morgan fingerprint density at radius 1 is 1.22 bits per heavy atom. The lowest BCUT2D eigenvalue weighted by Gasteiger charge is -2.22. The van der Waals surface area contributed by atoms with E-state index in [9.17, 15) is 0 Å². The molecule has 1 heterocycles. The second-order valence-corrected chi connectivity index (χ2v) is 6.43. The van der Waals surface area contributed by atoms with Gasteiger partial charge in [0.25, 0.3) is 0 Å². The lowest BCUT2D eigenvalue weighted by Crippen LogP contribution is -2.39. The topological polar surface area (TPSA) is 36.9 Å². The Hall–Kier alpha value is -1.85. The average Bonchev–Trinajstić information content (AvgIpc) is 3.09. The fraction of sp³-hybridized carbons (Fsp3) is 0.389. The highest BCUT2D eigenvalue weighted by molar-refractivity contribution is 7.09. The molecule has 124 valence electrons. The van der Waals surface area contributed by atoms with Crippen LogP contribution >= 0.6 is 11.3 Å². The zero-order valence-corrected chi connectivity index (χ0v) is 14.9. The third kappa shape index (κ3) is 5.69. The van der Waals surface area contributed by atoms with Crippen molar-refractivity contribution in [2.75, 3.05) is 27.7 Å². The minimum absolute atomic E-state index is 0.654. The number of methoxy groups -OCH3 is 1. The van der Waals surface area contributed by atoms with Crippen molar-refractivity contribution in [1.29, 1.82) is 0 Å². The molecule has 0 aliphatic heterocycles. The Morgan fingerprint density at radius 2 is 1.96 bits per heavy atom. The predicted molar refractivity (Wildman–Crippen MR) is 98.0 cm³/mol. The largest absolute Gasteiger partial charge is 0.380 e. The lowest BCUT2D eigenvalue weighted by atomic mass is 10.1. The summed E-state index contributed by atoms with van der Waals surface area (Å²) in [5.41, 5.74) is 2.42. The fourth-order valence-corrected chi connectivity index (χ4v) is 3.02. The van der Waals surface area contributed by atoms with Crippen molar-refractivity contribution in [3.8, 4) is 0 Å². The summed E-state index contributed by atoms with van der Waals surface area (Å²) in [7, 11) is 5.61. The molecule has 1 N–H and O–H groups in total. The van der Waals surface area contributed by atoms with Gasteiger partial charge in [-0.05, 0) is 29.0 Å². The van der Waals surface area contributed by atoms with Crippen LogP contribution in [0.2, 0.25) is 0 Å². The van der Waals surface area contributed by atoms with Crippen molar-refractivity contribution >= 4 is 17.3 Å². The van der Waals surface area contributed by atoms with Crippen LogP contribution in [0.5, 0.6) is 0 Å². The molecule has 1 aromatic heterocycles. The summed E-state index contributed by atoms with van der Waals surface area (Å²) in [5.74, 6) is 0.919. The Labute approximate surface area is 142 Å². The van der Waals surface area contributed by atoms with Gasteiger partial charge in [0.05, 0.1) is 6.61 Å². The predicted octanol–water partition coefficient (Wildman–Crippen LogP) is 3.14. The molecule has 2 aromatic rings. The molecule has 1 aromatic carbocycles. The Bertz CT molecular complexity index is 593. The second-order valence-electron chi connectivity index (χ2n) is 5.40. The van der Waals surface area contributed by atoms with Crippen LogP contribution in [0.3, 0.4) is 0 Å². The molecule has 0 amide bonds. The van der Waals surface area contributed by atoms with Gasteiger partial charge >= 0.3 is 0 Å². The highest BCUT2D eigenvalue weighted by Crippen LogP contribution is 2.09. The van der Waals surface area contributed by atoms with Gasteiger partial charge < -0.3 is 15.0 Å². The number of rotatable bonds is 7. The molecule has 0 bridgehead atoms. The van der Waals surface area contributed by atoms with E-state index in [0.29, 0.717) is 6.61 Å². The summed E-state index contributed by atoms with van der Waals surface area (Å²) in [6, 6.07) is 12.7. The molecule has 5 heteroatoms. The first-order chi connectivity index (χ1) is 11.2. The van der Waals surface area contributed by atoms with E-state index in [1.807, 2.05) is 7.05 Å². The van der Waals surface area contributed by atoms with E-state index in [4.69, 9.17) is 4.74 Å². The Morgan fingerprint density at radius 3 is 2.57 bits per heavy atom. The first-order valence-corrected chi connectivity index (χ1v) is 8.62. The van der Waals surface area contributed by atoms with E-state index in [2.05, 4.69) is 64.0 Å². The Kier molecular flexibility index (Phi) is 7.10. The first kappa shape index (κ1) is 17.5. The van der Waals surface area contributed by atoms with Gasteiger partial charge in [-0.15, -0.1) is 11.3 Å². The molecule has 0 spiro atoms. The second kappa shape index (κ2) is 9.33. The van der Waals surface area contributed by atoms with Gasteiger partial charge in [0.1, 0.15) is 0 Å². The molecule has 0 radical (unpaired) electrons. The Balaban J connectivity index is 1.81. The van der Waals surface area contributed by atoms with Gasteiger partial charge in [-0.2, -0.15) is 0 Å². The number of nitrogens with one attached hydrogen (secondary N) is 1. The number of aliphatic imine (C=N–C) groups is 1. The number of thiophene rings is 1. The number of guanidine groups is 1. The maximum absolute atomic E-state index is 5.13. The average molecular weight is 331 g/mol. The van der Waals surface area contributed by atoms with E-state index < -0.39 is 0 Å². The number of nitrogens with zero attached hydrogens (tertiary/aromatic N) is 2. The van der Waals surface area contributed by atoms with Crippen LogP contribution in [0.25, 0.3) is 0 Å². The molecule has 0 atom stereocenters. The van der Waals surface area contributed by atoms with E-state index >= 15 is 0 Å². The third-order valence-corrected chi connectivity index (χ3v) is 4.57. The molecule has 0 aliphatic carbocycles. The maximum Gasteiger partial charge on any atom is 0.193 e. The van der Waals surface area contributed by atoms with Crippen LogP contribution in [0.1, 0.15) is 16.0 Å². The van der Waals surface area contributed by atoms with E-state index in [1.54, 1.807) is 18.4 Å². The van der Waals surface area contributed by atoms with Gasteiger partial charge in [-0.1, -0.05) is 30.3 Å². The van der Waals surface area contributed by atoms with Gasteiger partial charge in [0.15, 0.2) is 5.96 Å². The molecule has 0 aliphatic rings. The van der Waals surface area contributed by atoms with Crippen molar-refractivity contribution in [3.63, 3.8) is 0 Å². The summed E-state index contributed by atoms with van der Waals surface area (Å²) >= 11 is 1.80. The van der Waals surface area contributed by atoms with Gasteiger partial charge in [-0.3, -0.25) is 4.99 Å². The van der Waals surface area contributed by atoms with Gasteiger partial charge in [0, 0.05) is 39.2 Å². The van der Waals surface area contributed by atoms with Crippen LogP contribution in [0, 0.1) is 0 Å². The smallest absolute Gasteiger partial charge is 0.193 e. The molecule has 4 nitrogen and oxygen atoms in total. The quantitative estimate of drug-likeness (QED) is 0.625. The zero-order chi connectivity index (χ0) is 16.5. The number of hydrogen-bond donors (Lipinski definition) is 1. The van der Waals surface area contributed by atoms with Gasteiger partial charge in [0.2, 0.25) is 0 Å². The number of ether oxygens (including phenoxy) is 1. The minimum atomic E-state index is 0.654. The fourth-order valence-electron chi connectivity index (χ4n) is 2.32. The van der Waals surface area contributed by atoms with Crippen molar-refractivity contribution < 1.29 is 4.74 Å². The summed E-state index contributed by atoms with van der Waals surface area (Å²) in [4.78, 5) is 7.93. The van der Waals surface area contributed by atoms with Crippen molar-refractivity contribution in [2.24, 2.45) is 4.99 Å². The van der Waals surface area contributed by atoms with Crippen LogP contribution in [0.4, 0.5) is 0 Å². The number of likely N-dealkylation sites (N-methyl/N-ethyl adjacent to an activating group) is 1. The molecule has 0 saturated heterocycles. The SMILES string of the molecule is CN=C(NCc1ccc(COC)cc1)N(C)CCc1cccs1. The van der Waals surface area contributed by atoms with E-state index in [-0.39, 0.29) is 0 Å². The summed E-state index contributed by atoms with van der Waals surface area (Å²) in [6.07, 6.45) is 1.04. The molecule has 2 rings (SSSR count). The van der Waals surface area contributed by atoms with Crippen molar-refractivity contribution in [2.45, 2.75) is 19.6 Å². The third-order valence-electron chi connectivity index (χ3n) is 3.63. The van der Waals surface area contributed by atoms with Crippen LogP contribution in [0.15, 0.2) is 46.8 Å². The number of hydrogen-bond acceptors (Lipinski definition) is 3. The summed E-state index contributed by atoms with van der Waals surface area (Å²) < 4.78 is 5.13. The molecular weight excluding hydrogens is 306 g/mol. The molecular formula is C18H25N3OS. The molecule has 0 saturated carbocycles. The summed E-state index contributed by atoms with van der Waals surface area (Å²) in [5, 5.41) is 5.54. The maximum atomic E-state index is 5.13. The molecule has 0 fully saturated rings. The van der Waals surface area contributed by atoms with Gasteiger partial charge in [-0.25, -0.2) is 0 Å². The zero-order valence-electron chi connectivity index (χ0n) is 14.1. The molecule has 23 heavy (non-hydrogen) atoms. The summed E-state index contributed by atoms with van der Waals surface area (Å²) in [6.45, 7) is 2.37. The van der Waals surface area contributed by atoms with Crippen molar-refractivity contribution in [1.82, 2.24) is 10.2 Å². The lowest BCUT2D eigenvalue weighted by molar-refractivity contribution is 0.185. The highest BCUT2D eigenvalue weighted by atomic mass is 32.1. The van der Waals surface area contributed by atoms with E-state index in [0.717, 1.165) is 25.5 Å². The molecule has 0 unspecified atom stereocenters. The van der Waals surface area contributed by atoms with Crippen LogP contribution < -0.4 is 5.32 Å². The van der Waals surface area contributed by atoms with E-state index in [1.165, 1.54) is 16.0 Å². The van der Waals surface area contributed by atoms with Crippen molar-refractivity contribution in [3.05, 3.63) is 57.8 Å². The first-order valence-electron chi connectivity index (χ1n) is 7.74. The van der Waals surface area contributed by atoms with Crippen LogP contribution in [-0.4, -0.2) is 38.6 Å². The standard InChI is InChI=1S/C18H25N3OS/c1-19-18(21(2)11-10-17-5-4-12-23-17)20-13-15-6-8-16(9-7-15)14-22-3/h4-9,12H,10-11,13-14H2,1-3H3,(H,19,20). The minimum Gasteiger partial charge on any atom is -0.380 e. The number of benzene rings is 1. The highest BCUT2D eigenvalue weighted by Gasteiger charge is 2.06. The van der Waals surface area contributed by atoms with Crippen LogP contribution in [-0.2, 0) is 24.3 Å².